The van der Waals surface area contributed by atoms with Crippen LogP contribution in [0.3, 0.4) is 0 Å². The van der Waals surface area contributed by atoms with Crippen molar-refractivity contribution in [1.29, 1.82) is 0 Å². The number of hydrogen-bond acceptors (Lipinski definition) is 0. The van der Waals surface area contributed by atoms with Crippen LogP contribution in [0.25, 0.3) is 0 Å². The van der Waals surface area contributed by atoms with E-state index in [9.17, 15) is 0 Å². The van der Waals surface area contributed by atoms with Gasteiger partial charge in [-0.2, -0.15) is 0 Å². The Morgan fingerprint density at radius 1 is 1.42 bits per heavy atom. The van der Waals surface area contributed by atoms with Gasteiger partial charge >= 0.3 is 0 Å². The molecule has 0 fully saturated rings. The number of halogens is 2. The average molecular weight is 202 g/mol. The van der Waals surface area contributed by atoms with Gasteiger partial charge in [-0.1, -0.05) is 36.7 Å². The molecule has 0 amide bonds. The molecule has 0 aliphatic carbocycles. The number of rotatable bonds is 2. The molecule has 0 N–H and O–H groups in total. The van der Waals surface area contributed by atoms with Gasteiger partial charge in [0.1, 0.15) is 0 Å². The summed E-state index contributed by atoms with van der Waals surface area (Å²) in [6, 6.07) is 5.98. The van der Waals surface area contributed by atoms with E-state index in [4.69, 9.17) is 23.2 Å². The van der Waals surface area contributed by atoms with Crippen LogP contribution in [0.5, 0.6) is 0 Å². The summed E-state index contributed by atoms with van der Waals surface area (Å²) >= 11 is 11.8. The van der Waals surface area contributed by atoms with Crippen molar-refractivity contribution in [2.45, 2.75) is 13.8 Å². The fourth-order valence-electron chi connectivity index (χ4n) is 1.05. The molecule has 0 aliphatic heterocycles. The van der Waals surface area contributed by atoms with Gasteiger partial charge in [0, 0.05) is 16.8 Å². The van der Waals surface area contributed by atoms with Crippen molar-refractivity contribution in [1.82, 2.24) is 0 Å². The first-order valence-corrected chi connectivity index (χ1v) is 4.72. The summed E-state index contributed by atoms with van der Waals surface area (Å²) in [5.41, 5.74) is 2.16. The average Bonchev–Trinajstić information content (AvgIpc) is 2.08. The van der Waals surface area contributed by atoms with Crippen LogP contribution in [0.4, 0.5) is 0 Å². The van der Waals surface area contributed by atoms with Gasteiger partial charge in [0.15, 0.2) is 0 Å². The zero-order chi connectivity index (χ0) is 9.14. The molecule has 0 nitrogen and oxygen atoms in total. The summed E-state index contributed by atoms with van der Waals surface area (Å²) in [7, 11) is 0. The molecule has 0 heterocycles. The largest absolute Gasteiger partial charge is 0.126 e. The third-order valence-electron chi connectivity index (χ3n) is 1.85. The molecular weight excluding hydrogens is 191 g/mol. The van der Waals surface area contributed by atoms with Crippen LogP contribution in [0.2, 0.25) is 5.02 Å². The maximum absolute atomic E-state index is 6.09. The lowest BCUT2D eigenvalue weighted by molar-refractivity contribution is 1.15. The van der Waals surface area contributed by atoms with Crippen LogP contribution in [0.1, 0.15) is 18.1 Å². The zero-order valence-electron chi connectivity index (χ0n) is 7.20. The molecule has 1 aromatic carbocycles. The van der Waals surface area contributed by atoms with E-state index in [-0.39, 0.29) is 0 Å². The minimum atomic E-state index is 0.531. The number of alkyl halides is 1. The molecule has 65 valence electrons. The van der Waals surface area contributed by atoms with Crippen LogP contribution in [-0.4, -0.2) is 5.88 Å². The predicted molar refractivity (Wildman–Crippen MR) is 54.9 cm³/mol. The summed E-state index contributed by atoms with van der Waals surface area (Å²) in [5, 5.41) is 0.815. The van der Waals surface area contributed by atoms with Gasteiger partial charge in [-0.3, -0.25) is 0 Å². The molecule has 0 unspecified atom stereocenters. The topological polar surface area (TPSA) is 0 Å². The quantitative estimate of drug-likeness (QED) is 0.639. The molecule has 0 bridgehead atoms. The zero-order valence-corrected chi connectivity index (χ0v) is 8.71. The summed E-state index contributed by atoms with van der Waals surface area (Å²) in [4.78, 5) is 0. The van der Waals surface area contributed by atoms with Gasteiger partial charge in [0.25, 0.3) is 0 Å². The Balaban J connectivity index is 3.07. The maximum Gasteiger partial charge on any atom is 0.0473 e. The van der Waals surface area contributed by atoms with Gasteiger partial charge in [0.2, 0.25) is 0 Å². The molecule has 0 aliphatic rings. The second-order valence-electron chi connectivity index (χ2n) is 2.85. The van der Waals surface area contributed by atoms with Crippen LogP contribution in [0, 0.1) is 12.8 Å². The van der Waals surface area contributed by atoms with Gasteiger partial charge in [-0.25, -0.2) is 0 Å². The van der Waals surface area contributed by atoms with Crippen molar-refractivity contribution in [2.24, 2.45) is 0 Å². The molecule has 12 heavy (non-hydrogen) atoms. The Kier molecular flexibility index (Phi) is 3.42. The summed E-state index contributed by atoms with van der Waals surface area (Å²) in [5.74, 6) is 1.65. The molecule has 0 atom stereocenters. The van der Waals surface area contributed by atoms with Crippen molar-refractivity contribution in [3.63, 3.8) is 0 Å². The van der Waals surface area contributed by atoms with Crippen molar-refractivity contribution in [3.8, 4) is 0 Å². The summed E-state index contributed by atoms with van der Waals surface area (Å²) < 4.78 is 0. The summed E-state index contributed by atoms with van der Waals surface area (Å²) in [6.45, 7) is 3.99. The van der Waals surface area contributed by atoms with E-state index >= 15 is 0 Å². The molecule has 0 aromatic heterocycles. The Hall–Kier alpha value is -0.200. The smallest absolute Gasteiger partial charge is 0.0473 e. The molecule has 1 aromatic rings. The van der Waals surface area contributed by atoms with Gasteiger partial charge in [-0.05, 0) is 18.1 Å². The standard InChI is InChI=1S/C10H11Cl2/c1-7-4-3-5-9(10(7)12)8(2)6-11/h3-5H,6H2,1-2H3. The van der Waals surface area contributed by atoms with Crippen molar-refractivity contribution < 1.29 is 0 Å². The molecule has 0 saturated carbocycles. The highest BCUT2D eigenvalue weighted by molar-refractivity contribution is 6.32. The van der Waals surface area contributed by atoms with Gasteiger partial charge in [-0.15, -0.1) is 11.6 Å². The van der Waals surface area contributed by atoms with E-state index in [1.165, 1.54) is 0 Å². The monoisotopic (exact) mass is 201 g/mol. The third-order valence-corrected chi connectivity index (χ3v) is 2.75. The van der Waals surface area contributed by atoms with Crippen molar-refractivity contribution >= 4 is 23.2 Å². The Morgan fingerprint density at radius 3 is 2.67 bits per heavy atom. The van der Waals surface area contributed by atoms with Gasteiger partial charge in [0.05, 0.1) is 0 Å². The van der Waals surface area contributed by atoms with Crippen LogP contribution in [-0.2, 0) is 0 Å². The molecular formula is C10H11Cl2. The van der Waals surface area contributed by atoms with Crippen molar-refractivity contribution in [2.75, 3.05) is 5.88 Å². The van der Waals surface area contributed by atoms with Crippen LogP contribution in [0.15, 0.2) is 18.2 Å². The molecule has 0 spiro atoms. The Morgan fingerprint density at radius 2 is 2.08 bits per heavy atom. The fraction of sp³-hybridized carbons (Fsp3) is 0.300. The normalized spacial score (nSPS) is 10.8. The summed E-state index contributed by atoms with van der Waals surface area (Å²) in [6.07, 6.45) is 0. The third kappa shape index (κ3) is 1.94. The van der Waals surface area contributed by atoms with E-state index in [0.29, 0.717) is 5.88 Å². The first-order chi connectivity index (χ1) is 5.66. The Labute approximate surface area is 83.5 Å². The highest BCUT2D eigenvalue weighted by Crippen LogP contribution is 2.27. The molecule has 1 rings (SSSR count). The highest BCUT2D eigenvalue weighted by Gasteiger charge is 2.09. The number of hydrogen-bond donors (Lipinski definition) is 0. The van der Waals surface area contributed by atoms with Crippen LogP contribution >= 0.6 is 23.2 Å². The Bertz CT molecular complexity index is 269. The lowest BCUT2D eigenvalue weighted by Gasteiger charge is -2.10. The highest BCUT2D eigenvalue weighted by atomic mass is 35.5. The first kappa shape index (κ1) is 9.88. The lowest BCUT2D eigenvalue weighted by Crippen LogP contribution is -1.97. The van der Waals surface area contributed by atoms with E-state index in [2.05, 4.69) is 0 Å². The number of benzene rings is 1. The number of aryl methyl sites for hydroxylation is 1. The predicted octanol–water partition coefficient (Wildman–Crippen LogP) is 3.83. The first-order valence-electron chi connectivity index (χ1n) is 3.80. The minimum absolute atomic E-state index is 0.531. The van der Waals surface area contributed by atoms with Crippen molar-refractivity contribution in [3.05, 3.63) is 40.3 Å². The second-order valence-corrected chi connectivity index (χ2v) is 3.50. The minimum Gasteiger partial charge on any atom is -0.126 e. The van der Waals surface area contributed by atoms with E-state index in [1.807, 2.05) is 32.0 Å². The van der Waals surface area contributed by atoms with E-state index < -0.39 is 0 Å². The molecule has 0 saturated heterocycles. The van der Waals surface area contributed by atoms with E-state index in [1.54, 1.807) is 0 Å². The van der Waals surface area contributed by atoms with Crippen LogP contribution < -0.4 is 0 Å². The van der Waals surface area contributed by atoms with Gasteiger partial charge < -0.3 is 0 Å². The maximum atomic E-state index is 6.09. The van der Waals surface area contributed by atoms with E-state index in [0.717, 1.165) is 22.1 Å². The lowest BCUT2D eigenvalue weighted by atomic mass is 10.0. The molecule has 2 heteroatoms. The second kappa shape index (κ2) is 4.15. The SMILES string of the molecule is C[C](CCl)c1cccc(C)c1Cl. The molecule has 1 radical (unpaired) electrons. The fourth-order valence-corrected chi connectivity index (χ4v) is 1.48.